The molecule has 1 aliphatic heterocycles. The molecule has 1 saturated heterocycles. The molecule has 0 bridgehead atoms. The van der Waals surface area contributed by atoms with E-state index in [0.29, 0.717) is 11.7 Å². The van der Waals surface area contributed by atoms with Crippen molar-refractivity contribution in [3.05, 3.63) is 40.7 Å². The van der Waals surface area contributed by atoms with E-state index in [2.05, 4.69) is 4.98 Å². The van der Waals surface area contributed by atoms with Crippen molar-refractivity contribution in [1.82, 2.24) is 9.88 Å². The topological polar surface area (TPSA) is 46.3 Å². The van der Waals surface area contributed by atoms with Gasteiger partial charge in [0, 0.05) is 30.6 Å². The van der Waals surface area contributed by atoms with E-state index >= 15 is 0 Å². The van der Waals surface area contributed by atoms with E-state index in [4.69, 9.17) is 4.42 Å². The van der Waals surface area contributed by atoms with Gasteiger partial charge in [-0.2, -0.15) is 0 Å². The molecule has 0 aliphatic carbocycles. The summed E-state index contributed by atoms with van der Waals surface area (Å²) in [5.74, 6) is 0.936. The lowest BCUT2D eigenvalue weighted by Crippen LogP contribution is -2.37. The van der Waals surface area contributed by atoms with Crippen LogP contribution < -0.4 is 0 Å². The van der Waals surface area contributed by atoms with Crippen molar-refractivity contribution in [2.45, 2.75) is 18.8 Å². The number of furan rings is 1. The number of amides is 1. The van der Waals surface area contributed by atoms with Crippen molar-refractivity contribution in [3.63, 3.8) is 0 Å². The molecule has 1 aliphatic rings. The van der Waals surface area contributed by atoms with Gasteiger partial charge in [-0.05, 0) is 25.0 Å². The summed E-state index contributed by atoms with van der Waals surface area (Å²) >= 11 is 1.70. The standard InChI is InChI=1S/C13H14N2O2S/c16-13(11-2-1-8-17-11)15-6-3-10(4-7-15)12-14-5-9-18-12/h1-2,5,8-10H,3-4,6-7H2. The lowest BCUT2D eigenvalue weighted by atomic mass is 9.97. The largest absolute Gasteiger partial charge is 0.459 e. The molecule has 3 heterocycles. The molecule has 3 rings (SSSR count). The SMILES string of the molecule is O=C(c1ccco1)N1CCC(c2nccs2)CC1. The number of aromatic nitrogens is 1. The van der Waals surface area contributed by atoms with E-state index in [1.165, 1.54) is 11.3 Å². The van der Waals surface area contributed by atoms with Gasteiger partial charge in [0.15, 0.2) is 5.76 Å². The van der Waals surface area contributed by atoms with Crippen LogP contribution in [0.25, 0.3) is 0 Å². The normalized spacial score (nSPS) is 17.0. The average molecular weight is 262 g/mol. The Morgan fingerprint density at radius 2 is 2.28 bits per heavy atom. The molecule has 4 nitrogen and oxygen atoms in total. The van der Waals surface area contributed by atoms with Gasteiger partial charge >= 0.3 is 0 Å². The van der Waals surface area contributed by atoms with Gasteiger partial charge in [0.25, 0.3) is 5.91 Å². The van der Waals surface area contributed by atoms with E-state index < -0.39 is 0 Å². The van der Waals surface area contributed by atoms with Crippen LogP contribution >= 0.6 is 11.3 Å². The summed E-state index contributed by atoms with van der Waals surface area (Å²) in [6.07, 6.45) is 5.36. The third-order valence-corrected chi connectivity index (χ3v) is 4.25. The van der Waals surface area contributed by atoms with Gasteiger partial charge in [0.2, 0.25) is 0 Å². The summed E-state index contributed by atoms with van der Waals surface area (Å²) in [7, 11) is 0. The zero-order valence-electron chi connectivity index (χ0n) is 9.91. The lowest BCUT2D eigenvalue weighted by molar-refractivity contribution is 0.0681. The number of rotatable bonds is 2. The number of carbonyl (C=O) groups excluding carboxylic acids is 1. The first kappa shape index (κ1) is 11.5. The molecule has 0 N–H and O–H groups in total. The summed E-state index contributed by atoms with van der Waals surface area (Å²) in [4.78, 5) is 18.3. The fourth-order valence-corrected chi connectivity index (χ4v) is 3.13. The Kier molecular flexibility index (Phi) is 3.15. The summed E-state index contributed by atoms with van der Waals surface area (Å²) in [5.41, 5.74) is 0. The van der Waals surface area contributed by atoms with E-state index in [0.717, 1.165) is 25.9 Å². The third kappa shape index (κ3) is 2.18. The fourth-order valence-electron chi connectivity index (χ4n) is 2.32. The van der Waals surface area contributed by atoms with E-state index in [1.807, 2.05) is 16.5 Å². The quantitative estimate of drug-likeness (QED) is 0.836. The average Bonchev–Trinajstić information content (AvgIpc) is 3.11. The first-order chi connectivity index (χ1) is 8.84. The molecule has 0 spiro atoms. The van der Waals surface area contributed by atoms with Gasteiger partial charge < -0.3 is 9.32 Å². The minimum atomic E-state index is -0.00223. The lowest BCUT2D eigenvalue weighted by Gasteiger charge is -2.30. The van der Waals surface area contributed by atoms with Gasteiger partial charge in [0.1, 0.15) is 0 Å². The predicted octanol–water partition coefficient (Wildman–Crippen LogP) is 2.76. The van der Waals surface area contributed by atoms with Crippen LogP contribution in [0.5, 0.6) is 0 Å². The molecule has 18 heavy (non-hydrogen) atoms. The number of thiazole rings is 1. The number of hydrogen-bond acceptors (Lipinski definition) is 4. The summed E-state index contributed by atoms with van der Waals surface area (Å²) in [6.45, 7) is 1.56. The third-order valence-electron chi connectivity index (χ3n) is 3.31. The second-order valence-electron chi connectivity index (χ2n) is 4.41. The summed E-state index contributed by atoms with van der Waals surface area (Å²) < 4.78 is 5.15. The van der Waals surface area contributed by atoms with Crippen LogP contribution in [0.15, 0.2) is 34.4 Å². The highest BCUT2D eigenvalue weighted by molar-refractivity contribution is 7.09. The van der Waals surface area contributed by atoms with Gasteiger partial charge in [-0.25, -0.2) is 4.98 Å². The maximum absolute atomic E-state index is 12.1. The molecule has 2 aromatic rings. The van der Waals surface area contributed by atoms with Gasteiger partial charge in [-0.15, -0.1) is 11.3 Å². The zero-order valence-corrected chi connectivity index (χ0v) is 10.7. The first-order valence-corrected chi connectivity index (χ1v) is 6.95. The number of piperidine rings is 1. The van der Waals surface area contributed by atoms with E-state index in [-0.39, 0.29) is 5.91 Å². The van der Waals surface area contributed by atoms with E-state index in [1.54, 1.807) is 23.5 Å². The highest BCUT2D eigenvalue weighted by Crippen LogP contribution is 2.29. The van der Waals surface area contributed by atoms with Gasteiger partial charge in [0.05, 0.1) is 11.3 Å². The van der Waals surface area contributed by atoms with Crippen LogP contribution in [0.1, 0.15) is 34.3 Å². The van der Waals surface area contributed by atoms with Gasteiger partial charge in [-0.3, -0.25) is 4.79 Å². The highest BCUT2D eigenvalue weighted by Gasteiger charge is 2.26. The molecule has 0 saturated carbocycles. The van der Waals surface area contributed by atoms with Crippen molar-refractivity contribution in [3.8, 4) is 0 Å². The van der Waals surface area contributed by atoms with Crippen LogP contribution in [-0.4, -0.2) is 28.9 Å². The van der Waals surface area contributed by atoms with Crippen LogP contribution in [0.2, 0.25) is 0 Å². The van der Waals surface area contributed by atoms with Crippen molar-refractivity contribution in [2.24, 2.45) is 0 Å². The molecule has 94 valence electrons. The van der Waals surface area contributed by atoms with Crippen LogP contribution in [0.4, 0.5) is 0 Å². The molecule has 5 heteroatoms. The Morgan fingerprint density at radius 3 is 2.89 bits per heavy atom. The van der Waals surface area contributed by atoms with Crippen molar-refractivity contribution in [2.75, 3.05) is 13.1 Å². The highest BCUT2D eigenvalue weighted by atomic mass is 32.1. The molecule has 0 aromatic carbocycles. The summed E-state index contributed by atoms with van der Waals surface area (Å²) in [5, 5.41) is 3.20. The van der Waals surface area contributed by atoms with Crippen molar-refractivity contribution < 1.29 is 9.21 Å². The first-order valence-electron chi connectivity index (χ1n) is 6.07. The monoisotopic (exact) mass is 262 g/mol. The minimum absolute atomic E-state index is 0.00223. The summed E-state index contributed by atoms with van der Waals surface area (Å²) in [6, 6.07) is 3.46. The van der Waals surface area contributed by atoms with Gasteiger partial charge in [-0.1, -0.05) is 0 Å². The van der Waals surface area contributed by atoms with Crippen LogP contribution in [0.3, 0.4) is 0 Å². The van der Waals surface area contributed by atoms with Crippen molar-refractivity contribution in [1.29, 1.82) is 0 Å². The molecule has 1 amide bonds. The maximum Gasteiger partial charge on any atom is 0.289 e. The molecule has 0 radical (unpaired) electrons. The number of likely N-dealkylation sites (tertiary alicyclic amines) is 1. The number of carbonyl (C=O) groups is 1. The Morgan fingerprint density at radius 1 is 1.44 bits per heavy atom. The molecular formula is C13H14N2O2S. The Balaban J connectivity index is 1.62. The van der Waals surface area contributed by atoms with Crippen LogP contribution in [0, 0.1) is 0 Å². The Hall–Kier alpha value is -1.62. The fraction of sp³-hybridized carbons (Fsp3) is 0.385. The van der Waals surface area contributed by atoms with Crippen molar-refractivity contribution >= 4 is 17.2 Å². The second-order valence-corrected chi connectivity index (χ2v) is 5.34. The molecule has 2 aromatic heterocycles. The smallest absolute Gasteiger partial charge is 0.289 e. The zero-order chi connectivity index (χ0) is 12.4. The number of hydrogen-bond donors (Lipinski definition) is 0. The Bertz CT molecular complexity index is 499. The Labute approximate surface area is 109 Å². The molecule has 0 atom stereocenters. The molecular weight excluding hydrogens is 248 g/mol. The van der Waals surface area contributed by atoms with E-state index in [9.17, 15) is 4.79 Å². The minimum Gasteiger partial charge on any atom is -0.459 e. The number of nitrogens with zero attached hydrogens (tertiary/aromatic N) is 2. The predicted molar refractivity (Wildman–Crippen MR) is 68.7 cm³/mol. The second kappa shape index (κ2) is 4.94. The molecule has 0 unspecified atom stereocenters. The van der Waals surface area contributed by atoms with Crippen LogP contribution in [-0.2, 0) is 0 Å². The molecule has 1 fully saturated rings. The maximum atomic E-state index is 12.1.